The van der Waals surface area contributed by atoms with Crippen LogP contribution < -0.4 is 5.32 Å². The van der Waals surface area contributed by atoms with Crippen molar-refractivity contribution in [3.63, 3.8) is 0 Å². The molecule has 6 nitrogen and oxygen atoms in total. The van der Waals surface area contributed by atoms with Crippen LogP contribution >= 0.6 is 0 Å². The lowest BCUT2D eigenvalue weighted by Crippen LogP contribution is -2.55. The Morgan fingerprint density at radius 3 is 2.50 bits per heavy atom. The molecule has 22 heavy (non-hydrogen) atoms. The Morgan fingerprint density at radius 2 is 1.95 bits per heavy atom. The summed E-state index contributed by atoms with van der Waals surface area (Å²) in [6, 6.07) is -0.382. The van der Waals surface area contributed by atoms with Crippen LogP contribution in [0.4, 0.5) is 0 Å². The first-order chi connectivity index (χ1) is 10.4. The van der Waals surface area contributed by atoms with Crippen LogP contribution in [-0.2, 0) is 14.3 Å². The normalized spacial score (nSPS) is 22.0. The van der Waals surface area contributed by atoms with Gasteiger partial charge in [0.25, 0.3) is 0 Å². The molecule has 1 unspecified atom stereocenters. The van der Waals surface area contributed by atoms with E-state index in [4.69, 9.17) is 4.74 Å². The predicted octanol–water partition coefficient (Wildman–Crippen LogP) is 0.472. The lowest BCUT2D eigenvalue weighted by molar-refractivity contribution is -0.141. The minimum Gasteiger partial charge on any atom is -0.379 e. The molecule has 1 N–H and O–H groups in total. The van der Waals surface area contributed by atoms with E-state index in [0.717, 1.165) is 39.3 Å². The molecule has 126 valence electrons. The third-order valence-corrected chi connectivity index (χ3v) is 4.32. The molecule has 2 fully saturated rings. The van der Waals surface area contributed by atoms with Crippen LogP contribution in [0.1, 0.15) is 33.6 Å². The topological polar surface area (TPSA) is 61.9 Å². The number of morpholine rings is 1. The molecule has 2 aliphatic heterocycles. The molecule has 2 saturated heterocycles. The van der Waals surface area contributed by atoms with E-state index in [1.165, 1.54) is 0 Å². The van der Waals surface area contributed by atoms with Crippen molar-refractivity contribution in [2.45, 2.75) is 39.7 Å². The zero-order valence-corrected chi connectivity index (χ0v) is 14.1. The summed E-state index contributed by atoms with van der Waals surface area (Å²) in [6.07, 6.45) is 1.42. The van der Waals surface area contributed by atoms with Gasteiger partial charge in [0.2, 0.25) is 11.8 Å². The Hall–Kier alpha value is -1.14. The van der Waals surface area contributed by atoms with Crippen molar-refractivity contribution in [3.8, 4) is 0 Å². The lowest BCUT2D eigenvalue weighted by Gasteiger charge is -2.37. The van der Waals surface area contributed by atoms with E-state index in [1.807, 2.05) is 20.8 Å². The summed E-state index contributed by atoms with van der Waals surface area (Å²) < 4.78 is 5.32. The van der Waals surface area contributed by atoms with Gasteiger partial charge >= 0.3 is 0 Å². The minimum atomic E-state index is -0.382. The second-order valence-electron chi connectivity index (χ2n) is 7.20. The molecule has 0 saturated carbocycles. The van der Waals surface area contributed by atoms with Crippen LogP contribution in [0.15, 0.2) is 0 Å². The number of likely N-dealkylation sites (tertiary alicyclic amines) is 1. The first-order valence-corrected chi connectivity index (χ1v) is 8.27. The number of ether oxygens (including phenoxy) is 1. The number of amides is 2. The molecule has 0 aromatic heterocycles. The summed E-state index contributed by atoms with van der Waals surface area (Å²) in [4.78, 5) is 28.7. The van der Waals surface area contributed by atoms with Gasteiger partial charge in [0, 0.05) is 39.1 Å². The SMILES string of the molecule is CC(C)(C)C(C(=O)NCCN1CCOCC1)N1CCCC1=O. The first-order valence-electron chi connectivity index (χ1n) is 8.27. The molecule has 2 amide bonds. The van der Waals surface area contributed by atoms with Gasteiger partial charge in [0.1, 0.15) is 6.04 Å². The van der Waals surface area contributed by atoms with Gasteiger partial charge in [0.15, 0.2) is 0 Å². The van der Waals surface area contributed by atoms with Crippen LogP contribution in [-0.4, -0.2) is 73.6 Å². The summed E-state index contributed by atoms with van der Waals surface area (Å²) >= 11 is 0. The van der Waals surface area contributed by atoms with Gasteiger partial charge in [-0.3, -0.25) is 14.5 Å². The van der Waals surface area contributed by atoms with Crippen LogP contribution in [0.2, 0.25) is 0 Å². The lowest BCUT2D eigenvalue weighted by atomic mass is 9.85. The van der Waals surface area contributed by atoms with E-state index >= 15 is 0 Å². The van der Waals surface area contributed by atoms with Gasteiger partial charge in [-0.15, -0.1) is 0 Å². The number of rotatable bonds is 5. The summed E-state index contributed by atoms with van der Waals surface area (Å²) in [6.45, 7) is 11.6. The fourth-order valence-corrected chi connectivity index (χ4v) is 3.20. The van der Waals surface area contributed by atoms with E-state index in [9.17, 15) is 9.59 Å². The second-order valence-corrected chi connectivity index (χ2v) is 7.20. The number of nitrogens with zero attached hydrogens (tertiary/aromatic N) is 2. The zero-order chi connectivity index (χ0) is 16.2. The smallest absolute Gasteiger partial charge is 0.243 e. The third kappa shape index (κ3) is 4.43. The molecule has 0 aromatic carbocycles. The van der Waals surface area contributed by atoms with Crippen molar-refractivity contribution in [2.75, 3.05) is 45.9 Å². The highest BCUT2D eigenvalue weighted by Crippen LogP contribution is 2.28. The van der Waals surface area contributed by atoms with Crippen molar-refractivity contribution in [1.29, 1.82) is 0 Å². The van der Waals surface area contributed by atoms with E-state index in [0.29, 0.717) is 19.5 Å². The number of carbonyl (C=O) groups excluding carboxylic acids is 2. The number of hydrogen-bond acceptors (Lipinski definition) is 4. The molecule has 1 atom stereocenters. The Bertz CT molecular complexity index is 400. The van der Waals surface area contributed by atoms with Gasteiger partial charge in [-0.25, -0.2) is 0 Å². The van der Waals surface area contributed by atoms with E-state index in [2.05, 4.69) is 10.2 Å². The van der Waals surface area contributed by atoms with E-state index < -0.39 is 0 Å². The molecular formula is C16H29N3O3. The summed E-state index contributed by atoms with van der Waals surface area (Å²) in [5, 5.41) is 3.02. The average molecular weight is 311 g/mol. The van der Waals surface area contributed by atoms with Crippen LogP contribution in [0.5, 0.6) is 0 Å². The van der Waals surface area contributed by atoms with Crippen LogP contribution in [0, 0.1) is 5.41 Å². The number of nitrogens with one attached hydrogen (secondary N) is 1. The molecule has 2 aliphatic rings. The van der Waals surface area contributed by atoms with Crippen molar-refractivity contribution in [2.24, 2.45) is 5.41 Å². The highest BCUT2D eigenvalue weighted by Gasteiger charge is 2.40. The quantitative estimate of drug-likeness (QED) is 0.802. The monoisotopic (exact) mass is 311 g/mol. The Balaban J connectivity index is 1.87. The predicted molar refractivity (Wildman–Crippen MR) is 84.5 cm³/mol. The largest absolute Gasteiger partial charge is 0.379 e. The second kappa shape index (κ2) is 7.42. The Morgan fingerprint density at radius 1 is 1.27 bits per heavy atom. The highest BCUT2D eigenvalue weighted by atomic mass is 16.5. The van der Waals surface area contributed by atoms with Gasteiger partial charge in [0.05, 0.1) is 13.2 Å². The maximum absolute atomic E-state index is 12.6. The van der Waals surface area contributed by atoms with Crippen LogP contribution in [0.25, 0.3) is 0 Å². The van der Waals surface area contributed by atoms with Crippen molar-refractivity contribution < 1.29 is 14.3 Å². The molecule has 0 aromatic rings. The molecule has 0 aliphatic carbocycles. The third-order valence-electron chi connectivity index (χ3n) is 4.32. The molecule has 0 bridgehead atoms. The molecule has 6 heteroatoms. The maximum atomic E-state index is 12.6. The molecule has 2 heterocycles. The van der Waals surface area contributed by atoms with Gasteiger partial charge in [-0.05, 0) is 11.8 Å². The summed E-state index contributed by atoms with van der Waals surface area (Å²) in [5.41, 5.74) is -0.261. The van der Waals surface area contributed by atoms with Crippen molar-refractivity contribution in [1.82, 2.24) is 15.1 Å². The maximum Gasteiger partial charge on any atom is 0.243 e. The fourth-order valence-electron chi connectivity index (χ4n) is 3.20. The fraction of sp³-hybridized carbons (Fsp3) is 0.875. The Labute approximate surface area is 133 Å². The van der Waals surface area contributed by atoms with E-state index in [1.54, 1.807) is 4.90 Å². The highest BCUT2D eigenvalue weighted by molar-refractivity contribution is 5.89. The molecule has 0 radical (unpaired) electrons. The standard InChI is InChI=1S/C16H29N3O3/c1-16(2,3)14(19-7-4-5-13(19)20)15(21)17-6-8-18-9-11-22-12-10-18/h14H,4-12H2,1-3H3,(H,17,21). The molecular weight excluding hydrogens is 282 g/mol. The van der Waals surface area contributed by atoms with Gasteiger partial charge in [-0.2, -0.15) is 0 Å². The molecule has 0 spiro atoms. The van der Waals surface area contributed by atoms with Crippen molar-refractivity contribution >= 4 is 11.8 Å². The number of carbonyl (C=O) groups is 2. The van der Waals surface area contributed by atoms with Crippen LogP contribution in [0.3, 0.4) is 0 Å². The minimum absolute atomic E-state index is 0.0315. The average Bonchev–Trinajstić information content (AvgIpc) is 2.85. The Kier molecular flexibility index (Phi) is 5.81. The first kappa shape index (κ1) is 17.2. The zero-order valence-electron chi connectivity index (χ0n) is 14.1. The van der Waals surface area contributed by atoms with Gasteiger partial charge < -0.3 is 15.0 Å². The van der Waals surface area contributed by atoms with Gasteiger partial charge in [-0.1, -0.05) is 20.8 Å². The van der Waals surface area contributed by atoms with E-state index in [-0.39, 0.29) is 23.3 Å². The molecule has 2 rings (SSSR count). The number of hydrogen-bond donors (Lipinski definition) is 1. The summed E-state index contributed by atoms with van der Waals surface area (Å²) in [5.74, 6) is 0.0688. The van der Waals surface area contributed by atoms with Crippen molar-refractivity contribution in [3.05, 3.63) is 0 Å². The summed E-state index contributed by atoms with van der Waals surface area (Å²) in [7, 11) is 0.